The van der Waals surface area contributed by atoms with Gasteiger partial charge in [0.15, 0.2) is 0 Å². The molecule has 0 unspecified atom stereocenters. The van der Waals surface area contributed by atoms with E-state index >= 15 is 0 Å². The lowest BCUT2D eigenvalue weighted by molar-refractivity contribution is -0.176. The van der Waals surface area contributed by atoms with Gasteiger partial charge in [0.05, 0.1) is 13.0 Å². The van der Waals surface area contributed by atoms with Crippen molar-refractivity contribution in [1.82, 2.24) is 5.32 Å². The van der Waals surface area contributed by atoms with Crippen molar-refractivity contribution in [2.45, 2.75) is 25.7 Å². The molecule has 140 valence electrons. The fourth-order valence-electron chi connectivity index (χ4n) is 2.16. The lowest BCUT2D eigenvalue weighted by Crippen LogP contribution is -2.25. The van der Waals surface area contributed by atoms with E-state index in [-0.39, 0.29) is 30.2 Å². The number of nitrogens with one attached hydrogen (secondary N) is 1. The maximum atomic E-state index is 13.6. The van der Waals surface area contributed by atoms with Crippen LogP contribution in [0.1, 0.15) is 16.7 Å². The van der Waals surface area contributed by atoms with Crippen LogP contribution < -0.4 is 5.32 Å². The van der Waals surface area contributed by atoms with Gasteiger partial charge in [-0.15, -0.1) is 0 Å². The first-order valence-electron chi connectivity index (χ1n) is 7.66. The lowest BCUT2D eigenvalue weighted by Gasteiger charge is -2.09. The van der Waals surface area contributed by atoms with Crippen molar-refractivity contribution in [2.24, 2.45) is 0 Å². The zero-order valence-corrected chi connectivity index (χ0v) is 14.3. The van der Waals surface area contributed by atoms with E-state index in [4.69, 9.17) is 11.6 Å². The van der Waals surface area contributed by atoms with E-state index in [0.717, 1.165) is 5.56 Å². The first-order valence-corrected chi connectivity index (χ1v) is 8.04. The first-order chi connectivity index (χ1) is 12.2. The largest absolute Gasteiger partial charge is 0.411 e. The Bertz CT molecular complexity index is 728. The summed E-state index contributed by atoms with van der Waals surface area (Å²) in [4.78, 5) is 11.9. The molecule has 0 radical (unpaired) electrons. The van der Waals surface area contributed by atoms with Crippen LogP contribution in [0.3, 0.4) is 0 Å². The van der Waals surface area contributed by atoms with Crippen LogP contribution in [0, 0.1) is 5.82 Å². The molecule has 1 N–H and O–H groups in total. The molecular weight excluding hydrogens is 374 g/mol. The molecule has 0 aliphatic heterocycles. The van der Waals surface area contributed by atoms with Crippen molar-refractivity contribution in [3.63, 3.8) is 0 Å². The average Bonchev–Trinajstić information content (AvgIpc) is 2.56. The Hall–Kier alpha value is -2.12. The van der Waals surface area contributed by atoms with Crippen molar-refractivity contribution < 1.29 is 27.1 Å². The van der Waals surface area contributed by atoms with E-state index < -0.39 is 24.5 Å². The third kappa shape index (κ3) is 6.65. The standard InChI is InChI=1S/C18H16ClF4NO2/c19-15-2-1-3-16(20)14(15)8-17(25)24-9-12-4-6-13(7-5-12)10-26-11-18(21,22)23/h1-7H,8-11H2,(H,24,25). The smallest absolute Gasteiger partial charge is 0.367 e. The predicted octanol–water partition coefficient (Wildman–Crippen LogP) is 4.42. The molecule has 0 heterocycles. The van der Waals surface area contributed by atoms with Crippen LogP contribution in [0.4, 0.5) is 17.6 Å². The van der Waals surface area contributed by atoms with Gasteiger partial charge in [0.25, 0.3) is 0 Å². The van der Waals surface area contributed by atoms with E-state index in [1.54, 1.807) is 24.3 Å². The van der Waals surface area contributed by atoms with Gasteiger partial charge in [-0.05, 0) is 23.3 Å². The van der Waals surface area contributed by atoms with Crippen molar-refractivity contribution >= 4 is 17.5 Å². The molecule has 0 saturated heterocycles. The second-order valence-corrected chi connectivity index (χ2v) is 5.99. The third-order valence-electron chi connectivity index (χ3n) is 3.45. The fourth-order valence-corrected chi connectivity index (χ4v) is 2.39. The highest BCUT2D eigenvalue weighted by atomic mass is 35.5. The van der Waals surface area contributed by atoms with Crippen molar-refractivity contribution in [3.8, 4) is 0 Å². The number of alkyl halides is 3. The maximum Gasteiger partial charge on any atom is 0.411 e. The van der Waals surface area contributed by atoms with Gasteiger partial charge in [-0.2, -0.15) is 13.2 Å². The van der Waals surface area contributed by atoms with Crippen LogP contribution >= 0.6 is 11.6 Å². The summed E-state index contributed by atoms with van der Waals surface area (Å²) in [5.41, 5.74) is 1.46. The van der Waals surface area contributed by atoms with Gasteiger partial charge in [0, 0.05) is 17.1 Å². The Morgan fingerprint density at radius 2 is 1.73 bits per heavy atom. The number of ether oxygens (including phenoxy) is 1. The molecule has 0 spiro atoms. The number of amides is 1. The molecule has 0 aliphatic carbocycles. The zero-order chi connectivity index (χ0) is 19.2. The lowest BCUT2D eigenvalue weighted by atomic mass is 10.1. The molecule has 0 bridgehead atoms. The third-order valence-corrected chi connectivity index (χ3v) is 3.80. The summed E-state index contributed by atoms with van der Waals surface area (Å²) in [6.07, 6.45) is -4.54. The Labute approximate surface area is 152 Å². The minimum Gasteiger partial charge on any atom is -0.367 e. The number of carbonyl (C=O) groups excluding carboxylic acids is 1. The second-order valence-electron chi connectivity index (χ2n) is 5.58. The topological polar surface area (TPSA) is 38.3 Å². The average molecular weight is 390 g/mol. The van der Waals surface area contributed by atoms with Crippen LogP contribution in [-0.4, -0.2) is 18.7 Å². The Balaban J connectivity index is 1.81. The van der Waals surface area contributed by atoms with E-state index in [2.05, 4.69) is 10.1 Å². The highest BCUT2D eigenvalue weighted by molar-refractivity contribution is 6.31. The molecule has 26 heavy (non-hydrogen) atoms. The van der Waals surface area contributed by atoms with Gasteiger partial charge in [0.1, 0.15) is 12.4 Å². The van der Waals surface area contributed by atoms with Gasteiger partial charge >= 0.3 is 6.18 Å². The predicted molar refractivity (Wildman–Crippen MR) is 89.1 cm³/mol. The summed E-state index contributed by atoms with van der Waals surface area (Å²) in [6, 6.07) is 10.8. The molecule has 2 rings (SSSR count). The molecule has 0 fully saturated rings. The second kappa shape index (κ2) is 9.00. The van der Waals surface area contributed by atoms with Crippen molar-refractivity contribution in [3.05, 3.63) is 70.0 Å². The van der Waals surface area contributed by atoms with Crippen molar-refractivity contribution in [2.75, 3.05) is 6.61 Å². The summed E-state index contributed by atoms with van der Waals surface area (Å²) in [5.74, 6) is -0.939. The molecule has 3 nitrogen and oxygen atoms in total. The molecule has 0 aliphatic rings. The molecule has 8 heteroatoms. The number of halogens is 5. The highest BCUT2D eigenvalue weighted by Crippen LogP contribution is 2.19. The van der Waals surface area contributed by atoms with Crippen LogP contribution in [-0.2, 0) is 29.1 Å². The van der Waals surface area contributed by atoms with Crippen LogP contribution in [0.2, 0.25) is 5.02 Å². The number of benzene rings is 2. The van der Waals surface area contributed by atoms with Crippen LogP contribution in [0.5, 0.6) is 0 Å². The van der Waals surface area contributed by atoms with E-state index in [1.807, 2.05) is 0 Å². The molecule has 0 saturated carbocycles. The number of hydrogen-bond donors (Lipinski definition) is 1. The first kappa shape index (κ1) is 20.2. The summed E-state index contributed by atoms with van der Waals surface area (Å²) in [6.45, 7) is -1.25. The van der Waals surface area contributed by atoms with E-state index in [0.29, 0.717) is 5.56 Å². The van der Waals surface area contributed by atoms with Gasteiger partial charge < -0.3 is 10.1 Å². The Morgan fingerprint density at radius 3 is 2.35 bits per heavy atom. The summed E-state index contributed by atoms with van der Waals surface area (Å²) >= 11 is 5.88. The monoisotopic (exact) mass is 389 g/mol. The van der Waals surface area contributed by atoms with Crippen LogP contribution in [0.25, 0.3) is 0 Å². The number of carbonyl (C=O) groups is 1. The highest BCUT2D eigenvalue weighted by Gasteiger charge is 2.27. The summed E-state index contributed by atoms with van der Waals surface area (Å²) < 4.78 is 54.2. The Morgan fingerprint density at radius 1 is 1.08 bits per heavy atom. The molecular formula is C18H16ClF4NO2. The van der Waals surface area contributed by atoms with Gasteiger partial charge in [-0.1, -0.05) is 41.9 Å². The van der Waals surface area contributed by atoms with Crippen LogP contribution in [0.15, 0.2) is 42.5 Å². The minimum absolute atomic E-state index is 0.129. The zero-order valence-electron chi connectivity index (χ0n) is 13.6. The van der Waals surface area contributed by atoms with Crippen molar-refractivity contribution in [1.29, 1.82) is 0 Å². The quantitative estimate of drug-likeness (QED) is 0.712. The fraction of sp³-hybridized carbons (Fsp3) is 0.278. The van der Waals surface area contributed by atoms with Gasteiger partial charge in [-0.25, -0.2) is 4.39 Å². The molecule has 1 amide bonds. The molecule has 2 aromatic rings. The maximum absolute atomic E-state index is 13.6. The number of rotatable bonds is 7. The van der Waals surface area contributed by atoms with E-state index in [1.165, 1.54) is 18.2 Å². The molecule has 2 aromatic carbocycles. The normalized spacial score (nSPS) is 11.4. The minimum atomic E-state index is -4.36. The number of hydrogen-bond acceptors (Lipinski definition) is 2. The summed E-state index contributed by atoms with van der Waals surface area (Å²) in [7, 11) is 0. The van der Waals surface area contributed by atoms with E-state index in [9.17, 15) is 22.4 Å². The Kier molecular flexibility index (Phi) is 6.99. The summed E-state index contributed by atoms with van der Waals surface area (Å²) in [5, 5.41) is 2.82. The molecule has 0 aromatic heterocycles. The van der Waals surface area contributed by atoms with Gasteiger partial charge in [0.2, 0.25) is 5.91 Å². The van der Waals surface area contributed by atoms with Gasteiger partial charge in [-0.3, -0.25) is 4.79 Å². The SMILES string of the molecule is O=C(Cc1c(F)cccc1Cl)NCc1ccc(COCC(F)(F)F)cc1. The molecule has 0 atom stereocenters.